The molecule has 0 aliphatic carbocycles. The number of benzene rings is 2. The normalized spacial score (nSPS) is 14.9. The summed E-state index contributed by atoms with van der Waals surface area (Å²) < 4.78 is 6.53. The number of rotatable bonds is 9. The molecule has 9 heteroatoms. The molecule has 1 aliphatic heterocycles. The Morgan fingerprint density at radius 2 is 1.74 bits per heavy atom. The van der Waals surface area contributed by atoms with Crippen LogP contribution in [0.1, 0.15) is 28.9 Å². The van der Waals surface area contributed by atoms with Crippen molar-refractivity contribution in [2.45, 2.75) is 18.9 Å². The van der Waals surface area contributed by atoms with E-state index >= 15 is 0 Å². The maximum Gasteiger partial charge on any atom is 0.225 e. The molecule has 182 valence electrons. The number of ether oxygens (including phenoxy) is 1. The number of hydrogen-bond acceptors (Lipinski definition) is 8. The van der Waals surface area contributed by atoms with E-state index in [2.05, 4.69) is 53.8 Å². The van der Waals surface area contributed by atoms with Crippen molar-refractivity contribution in [3.05, 3.63) is 72.1 Å². The molecule has 0 bridgehead atoms. The molecule has 0 spiro atoms. The molecule has 3 N–H and O–H groups in total. The van der Waals surface area contributed by atoms with Crippen molar-refractivity contribution >= 4 is 44.2 Å². The minimum Gasteiger partial charge on any atom is -0.457 e. The lowest BCUT2D eigenvalue weighted by Gasteiger charge is -2.29. The molecule has 0 radical (unpaired) electrons. The van der Waals surface area contributed by atoms with Crippen molar-refractivity contribution in [1.82, 2.24) is 20.2 Å². The van der Waals surface area contributed by atoms with Gasteiger partial charge in [0.2, 0.25) is 5.95 Å². The van der Waals surface area contributed by atoms with Crippen molar-refractivity contribution < 1.29 is 9.53 Å². The fraction of sp³-hybridized carbons (Fsp3) is 0.269. The predicted octanol–water partition coefficient (Wildman–Crippen LogP) is 5.24. The first-order valence-corrected chi connectivity index (χ1v) is 12.3. The highest BCUT2D eigenvalue weighted by Gasteiger charge is 2.21. The Morgan fingerprint density at radius 3 is 2.40 bits per heavy atom. The quantitative estimate of drug-likeness (QED) is 0.319. The van der Waals surface area contributed by atoms with Gasteiger partial charge >= 0.3 is 0 Å². The minimum atomic E-state index is 0.274. The van der Waals surface area contributed by atoms with E-state index in [4.69, 9.17) is 4.74 Å². The Labute approximate surface area is 213 Å². The number of likely N-dealkylation sites (tertiary alicyclic amines) is 1. The van der Waals surface area contributed by atoms with Crippen molar-refractivity contribution in [3.8, 4) is 11.5 Å². The molecule has 1 fully saturated rings. The van der Waals surface area contributed by atoms with Crippen LogP contribution in [0, 0.1) is 0 Å². The second-order valence-corrected chi connectivity index (χ2v) is 9.20. The molecule has 2 aromatic carbocycles. The topological polar surface area (TPSA) is 91.4 Å². The van der Waals surface area contributed by atoms with E-state index in [1.807, 2.05) is 54.6 Å². The van der Waals surface area contributed by atoms with Crippen LogP contribution in [0.15, 0.2) is 60.8 Å². The molecule has 0 unspecified atom stereocenters. The van der Waals surface area contributed by atoms with Gasteiger partial charge in [-0.25, -0.2) is 4.98 Å². The van der Waals surface area contributed by atoms with Crippen molar-refractivity contribution in [3.63, 3.8) is 0 Å². The number of hydrogen-bond donors (Lipinski definition) is 3. The third-order valence-electron chi connectivity index (χ3n) is 5.71. The fourth-order valence-electron chi connectivity index (χ4n) is 3.82. The van der Waals surface area contributed by atoms with Crippen LogP contribution in [0.4, 0.5) is 17.5 Å². The average molecular weight is 537 g/mol. The number of carbonyl (C=O) groups excluding carboxylic acids is 1. The molecule has 0 saturated carbocycles. The van der Waals surface area contributed by atoms with Crippen molar-refractivity contribution in [1.29, 1.82) is 0 Å². The number of aldehydes is 1. The standard InChI is InChI=1S/C26H29BrN6O2/c1-28-16-23(27)24-22(17-34)25(32-26(31-24)30-19-12-14-33(2)15-13-19)29-18-8-10-21(11-9-18)35-20-6-4-3-5-7-20/h3-11,16-17,19,28H,12-15H2,1-2H3,(H2,29,30,31,32)/b23-16+. The van der Waals surface area contributed by atoms with Gasteiger partial charge in [-0.2, -0.15) is 4.98 Å². The summed E-state index contributed by atoms with van der Waals surface area (Å²) in [7, 11) is 3.92. The molecule has 35 heavy (non-hydrogen) atoms. The second-order valence-electron chi connectivity index (χ2n) is 8.34. The van der Waals surface area contributed by atoms with Crippen LogP contribution < -0.4 is 20.7 Å². The van der Waals surface area contributed by atoms with Crippen molar-refractivity contribution in [2.24, 2.45) is 0 Å². The Bertz CT molecular complexity index is 1160. The molecule has 3 aromatic rings. The summed E-state index contributed by atoms with van der Waals surface area (Å²) in [6, 6.07) is 17.4. The Kier molecular flexibility index (Phi) is 8.33. The van der Waals surface area contributed by atoms with Gasteiger partial charge in [0.25, 0.3) is 0 Å². The molecule has 1 saturated heterocycles. The van der Waals surface area contributed by atoms with Gasteiger partial charge in [-0.05, 0) is 85.3 Å². The van der Waals surface area contributed by atoms with Gasteiger partial charge in [0.15, 0.2) is 6.29 Å². The minimum absolute atomic E-state index is 0.274. The summed E-state index contributed by atoms with van der Waals surface area (Å²) in [5, 5.41) is 9.71. The van der Waals surface area contributed by atoms with E-state index in [0.29, 0.717) is 33.3 Å². The van der Waals surface area contributed by atoms with Crippen LogP contribution >= 0.6 is 15.9 Å². The number of nitrogens with zero attached hydrogens (tertiary/aromatic N) is 3. The van der Waals surface area contributed by atoms with Crippen LogP contribution in [-0.4, -0.2) is 54.4 Å². The van der Waals surface area contributed by atoms with Crippen LogP contribution in [0.5, 0.6) is 11.5 Å². The van der Waals surface area contributed by atoms with Crippen LogP contribution in [0.25, 0.3) is 4.48 Å². The van der Waals surface area contributed by atoms with Crippen LogP contribution in [-0.2, 0) is 0 Å². The lowest BCUT2D eigenvalue weighted by molar-refractivity contribution is 0.112. The van der Waals surface area contributed by atoms with Gasteiger partial charge in [-0.1, -0.05) is 18.2 Å². The Hall–Kier alpha value is -3.43. The summed E-state index contributed by atoms with van der Waals surface area (Å²) in [5.41, 5.74) is 1.64. The first kappa shape index (κ1) is 24.7. The first-order valence-electron chi connectivity index (χ1n) is 11.5. The number of nitrogens with one attached hydrogen (secondary N) is 3. The molecule has 1 aliphatic rings. The second kappa shape index (κ2) is 11.8. The van der Waals surface area contributed by atoms with E-state index in [1.165, 1.54) is 0 Å². The third-order valence-corrected chi connectivity index (χ3v) is 6.31. The molecular weight excluding hydrogens is 508 g/mol. The molecule has 2 heterocycles. The van der Waals surface area contributed by atoms with Gasteiger partial charge in [-0.3, -0.25) is 4.79 Å². The maximum atomic E-state index is 12.1. The number of anilines is 3. The van der Waals surface area contributed by atoms with Gasteiger partial charge in [-0.15, -0.1) is 0 Å². The Morgan fingerprint density at radius 1 is 1.06 bits per heavy atom. The molecule has 0 atom stereocenters. The SMILES string of the molecule is CN/C=C(/Br)c1nc(NC2CCN(C)CC2)nc(Nc2ccc(Oc3ccccc3)cc2)c1C=O. The van der Waals surface area contributed by atoms with E-state index < -0.39 is 0 Å². The Balaban J connectivity index is 1.60. The first-order chi connectivity index (χ1) is 17.1. The largest absolute Gasteiger partial charge is 0.457 e. The van der Waals surface area contributed by atoms with Crippen LogP contribution in [0.2, 0.25) is 0 Å². The van der Waals surface area contributed by atoms with Gasteiger partial charge in [0, 0.05) is 25.0 Å². The smallest absolute Gasteiger partial charge is 0.225 e. The summed E-state index contributed by atoms with van der Waals surface area (Å²) in [6.07, 6.45) is 4.52. The molecule has 0 amide bonds. The molecule has 4 rings (SSSR count). The highest BCUT2D eigenvalue weighted by Crippen LogP contribution is 2.30. The van der Waals surface area contributed by atoms with E-state index in [9.17, 15) is 4.79 Å². The fourth-order valence-corrected chi connectivity index (χ4v) is 4.35. The highest BCUT2D eigenvalue weighted by molar-refractivity contribution is 9.15. The number of aromatic nitrogens is 2. The lowest BCUT2D eigenvalue weighted by atomic mass is 10.1. The summed E-state index contributed by atoms with van der Waals surface area (Å²) in [5.74, 6) is 2.39. The number of para-hydroxylation sites is 1. The van der Waals surface area contributed by atoms with Crippen LogP contribution in [0.3, 0.4) is 0 Å². The maximum absolute atomic E-state index is 12.1. The lowest BCUT2D eigenvalue weighted by Crippen LogP contribution is -2.37. The predicted molar refractivity (Wildman–Crippen MR) is 144 cm³/mol. The molecule has 8 nitrogen and oxygen atoms in total. The van der Waals surface area contributed by atoms with E-state index in [0.717, 1.165) is 43.7 Å². The molecule has 1 aromatic heterocycles. The monoisotopic (exact) mass is 536 g/mol. The van der Waals surface area contributed by atoms with Crippen molar-refractivity contribution in [2.75, 3.05) is 37.8 Å². The zero-order valence-electron chi connectivity index (χ0n) is 19.8. The van der Waals surface area contributed by atoms with Gasteiger partial charge in [0.05, 0.1) is 15.7 Å². The van der Waals surface area contributed by atoms with Gasteiger partial charge < -0.3 is 25.6 Å². The highest BCUT2D eigenvalue weighted by atomic mass is 79.9. The average Bonchev–Trinajstić information content (AvgIpc) is 2.87. The summed E-state index contributed by atoms with van der Waals surface area (Å²) >= 11 is 3.54. The third kappa shape index (κ3) is 6.58. The number of piperidine rings is 1. The zero-order chi connectivity index (χ0) is 24.6. The van der Waals surface area contributed by atoms with Gasteiger partial charge in [0.1, 0.15) is 17.3 Å². The number of halogens is 1. The summed E-state index contributed by atoms with van der Waals surface area (Å²) in [6.45, 7) is 2.03. The zero-order valence-corrected chi connectivity index (χ0v) is 21.4. The van der Waals surface area contributed by atoms with E-state index in [-0.39, 0.29) is 6.04 Å². The summed E-state index contributed by atoms with van der Waals surface area (Å²) in [4.78, 5) is 23.7. The molecular formula is C26H29BrN6O2. The number of carbonyl (C=O) groups is 1. The van der Waals surface area contributed by atoms with E-state index in [1.54, 1.807) is 13.2 Å².